The van der Waals surface area contributed by atoms with E-state index in [1.165, 1.54) is 0 Å². The molecule has 34 heavy (non-hydrogen) atoms. The van der Waals surface area contributed by atoms with Crippen molar-refractivity contribution < 1.29 is 14.3 Å². The first-order valence-electron chi connectivity index (χ1n) is 11.4. The number of methoxy groups -OCH3 is 1. The number of amides is 2. The van der Waals surface area contributed by atoms with E-state index in [0.29, 0.717) is 35.8 Å². The number of carbonyl (C=O) groups excluding carboxylic acids is 2. The molecule has 3 aromatic rings. The first-order valence-corrected chi connectivity index (χ1v) is 11.8. The topological polar surface area (TPSA) is 71.5 Å². The lowest BCUT2D eigenvalue weighted by molar-refractivity contribution is 0.0710. The Kier molecular flexibility index (Phi) is 7.48. The number of nitrogens with zero attached hydrogens (tertiary/aromatic N) is 2. The number of hydrogen-bond donors (Lipinski definition) is 1. The number of para-hydroxylation sites is 1. The van der Waals surface area contributed by atoms with E-state index in [1.807, 2.05) is 60.4 Å². The van der Waals surface area contributed by atoms with E-state index in [0.717, 1.165) is 35.5 Å². The van der Waals surface area contributed by atoms with Crippen LogP contribution >= 0.6 is 11.6 Å². The van der Waals surface area contributed by atoms with Gasteiger partial charge in [-0.15, -0.1) is 0 Å². The Hall–Kier alpha value is -3.38. The van der Waals surface area contributed by atoms with Crippen molar-refractivity contribution in [3.05, 3.63) is 93.8 Å². The van der Waals surface area contributed by atoms with Crippen molar-refractivity contribution in [1.82, 2.24) is 15.2 Å². The van der Waals surface area contributed by atoms with Crippen LogP contribution in [0, 0.1) is 6.92 Å². The van der Waals surface area contributed by atoms with Crippen LogP contribution in [0.1, 0.15) is 56.4 Å². The molecule has 4 rings (SSSR count). The second-order valence-electron chi connectivity index (χ2n) is 8.43. The number of aryl methyl sites for hydroxylation is 1. The van der Waals surface area contributed by atoms with Crippen LogP contribution in [0.4, 0.5) is 0 Å². The number of rotatable bonds is 6. The lowest BCUT2D eigenvalue weighted by atomic mass is 9.89. The predicted molar refractivity (Wildman–Crippen MR) is 132 cm³/mol. The number of halogens is 1. The summed E-state index contributed by atoms with van der Waals surface area (Å²) in [5.74, 6) is 0.613. The Labute approximate surface area is 204 Å². The molecule has 0 radical (unpaired) electrons. The molecule has 0 unspecified atom stereocenters. The van der Waals surface area contributed by atoms with Crippen LogP contribution in [0.3, 0.4) is 0 Å². The molecule has 176 valence electrons. The van der Waals surface area contributed by atoms with Gasteiger partial charge in [0.25, 0.3) is 11.8 Å². The van der Waals surface area contributed by atoms with Crippen LogP contribution < -0.4 is 10.1 Å². The van der Waals surface area contributed by atoms with Crippen LogP contribution in [0.2, 0.25) is 5.02 Å². The number of nitrogens with one attached hydrogen (secondary N) is 1. The molecule has 1 N–H and O–H groups in total. The number of ether oxygens (including phenoxy) is 1. The minimum Gasteiger partial charge on any atom is -0.496 e. The van der Waals surface area contributed by atoms with E-state index >= 15 is 0 Å². The molecule has 0 saturated carbocycles. The zero-order chi connectivity index (χ0) is 24.1. The second kappa shape index (κ2) is 10.7. The largest absolute Gasteiger partial charge is 0.496 e. The summed E-state index contributed by atoms with van der Waals surface area (Å²) in [5, 5.41) is 3.47. The molecule has 2 heterocycles. The van der Waals surface area contributed by atoms with Gasteiger partial charge in [-0.05, 0) is 50.1 Å². The lowest BCUT2D eigenvalue weighted by Crippen LogP contribution is -2.38. The minimum atomic E-state index is -0.164. The van der Waals surface area contributed by atoms with Crippen LogP contribution in [0.25, 0.3) is 0 Å². The van der Waals surface area contributed by atoms with Crippen molar-refractivity contribution >= 4 is 23.4 Å². The molecule has 1 aromatic heterocycles. The first-order chi connectivity index (χ1) is 16.5. The molecule has 6 nitrogen and oxygen atoms in total. The molecule has 0 aliphatic carbocycles. The average Bonchev–Trinajstić information content (AvgIpc) is 2.87. The van der Waals surface area contributed by atoms with Crippen LogP contribution in [0.15, 0.2) is 60.7 Å². The molecule has 0 spiro atoms. The van der Waals surface area contributed by atoms with E-state index in [1.54, 1.807) is 19.2 Å². The number of pyridine rings is 1. The Bertz CT molecular complexity index is 1190. The van der Waals surface area contributed by atoms with Gasteiger partial charge in [-0.2, -0.15) is 0 Å². The summed E-state index contributed by atoms with van der Waals surface area (Å²) in [6.45, 7) is 3.47. The minimum absolute atomic E-state index is 0.0592. The molecule has 1 fully saturated rings. The summed E-state index contributed by atoms with van der Waals surface area (Å²) < 4.78 is 5.38. The fraction of sp³-hybridized carbons (Fsp3) is 0.296. The smallest absolute Gasteiger partial charge is 0.255 e. The highest BCUT2D eigenvalue weighted by atomic mass is 35.5. The van der Waals surface area contributed by atoms with Crippen molar-refractivity contribution in [1.29, 1.82) is 0 Å². The lowest BCUT2D eigenvalue weighted by Gasteiger charge is -2.32. The van der Waals surface area contributed by atoms with Gasteiger partial charge in [0, 0.05) is 36.8 Å². The zero-order valence-electron chi connectivity index (χ0n) is 19.4. The highest BCUT2D eigenvalue weighted by Gasteiger charge is 2.29. The maximum atomic E-state index is 13.1. The van der Waals surface area contributed by atoms with Crippen molar-refractivity contribution in [2.75, 3.05) is 20.2 Å². The van der Waals surface area contributed by atoms with Gasteiger partial charge in [0.15, 0.2) is 0 Å². The van der Waals surface area contributed by atoms with Gasteiger partial charge in [0.05, 0.1) is 29.0 Å². The fourth-order valence-electron chi connectivity index (χ4n) is 4.36. The van der Waals surface area contributed by atoms with Crippen LogP contribution in [0.5, 0.6) is 5.75 Å². The van der Waals surface area contributed by atoms with E-state index in [9.17, 15) is 9.59 Å². The summed E-state index contributed by atoms with van der Waals surface area (Å²) in [7, 11) is 1.62. The summed E-state index contributed by atoms with van der Waals surface area (Å²) in [4.78, 5) is 32.6. The number of benzene rings is 2. The Morgan fingerprint density at radius 3 is 2.47 bits per heavy atom. The third kappa shape index (κ3) is 5.23. The second-order valence-corrected chi connectivity index (χ2v) is 8.83. The normalized spacial score (nSPS) is 14.0. The third-order valence-electron chi connectivity index (χ3n) is 6.21. The van der Waals surface area contributed by atoms with Gasteiger partial charge in [-0.3, -0.25) is 14.6 Å². The Balaban J connectivity index is 1.46. The molecule has 2 aromatic carbocycles. The summed E-state index contributed by atoms with van der Waals surface area (Å²) >= 11 is 6.22. The SMILES string of the molecule is COc1ccccc1CNC(=O)c1ccc(C)nc1C1CCN(C(=O)c2ccccc2Cl)CC1. The molecule has 0 atom stereocenters. The molecule has 1 aliphatic heterocycles. The molecule has 0 bridgehead atoms. The fourth-order valence-corrected chi connectivity index (χ4v) is 4.58. The monoisotopic (exact) mass is 477 g/mol. The Morgan fingerprint density at radius 1 is 1.03 bits per heavy atom. The number of aromatic nitrogens is 1. The quantitative estimate of drug-likeness (QED) is 0.542. The first kappa shape index (κ1) is 23.8. The standard InChI is InChI=1S/C27H28ClN3O3/c1-18-11-12-22(26(32)29-17-20-7-3-6-10-24(20)34-2)25(30-18)19-13-15-31(16-14-19)27(33)21-8-4-5-9-23(21)28/h3-12,19H,13-17H2,1-2H3,(H,29,32). The summed E-state index contributed by atoms with van der Waals surface area (Å²) in [5.41, 5.74) is 3.67. The summed E-state index contributed by atoms with van der Waals surface area (Å²) in [6.07, 6.45) is 1.47. The van der Waals surface area contributed by atoms with E-state index < -0.39 is 0 Å². The van der Waals surface area contributed by atoms with Crippen molar-refractivity contribution in [2.24, 2.45) is 0 Å². The zero-order valence-corrected chi connectivity index (χ0v) is 20.1. The highest BCUT2D eigenvalue weighted by molar-refractivity contribution is 6.33. The van der Waals surface area contributed by atoms with Crippen molar-refractivity contribution in [2.45, 2.75) is 32.2 Å². The van der Waals surface area contributed by atoms with Crippen LogP contribution in [-0.2, 0) is 6.54 Å². The van der Waals surface area contributed by atoms with Gasteiger partial charge < -0.3 is 15.0 Å². The van der Waals surface area contributed by atoms with Gasteiger partial charge in [0.2, 0.25) is 0 Å². The maximum absolute atomic E-state index is 13.1. The maximum Gasteiger partial charge on any atom is 0.255 e. The van der Waals surface area contributed by atoms with Gasteiger partial charge in [-0.25, -0.2) is 0 Å². The Morgan fingerprint density at radius 2 is 1.74 bits per heavy atom. The number of carbonyl (C=O) groups is 2. The highest BCUT2D eigenvalue weighted by Crippen LogP contribution is 2.31. The van der Waals surface area contributed by atoms with E-state index in [4.69, 9.17) is 21.3 Å². The molecular weight excluding hydrogens is 450 g/mol. The number of likely N-dealkylation sites (tertiary alicyclic amines) is 1. The molecule has 1 aliphatic rings. The molecule has 1 saturated heterocycles. The molecular formula is C27H28ClN3O3. The van der Waals surface area contributed by atoms with Gasteiger partial charge in [-0.1, -0.05) is 41.9 Å². The van der Waals surface area contributed by atoms with E-state index in [-0.39, 0.29) is 17.7 Å². The summed E-state index contributed by atoms with van der Waals surface area (Å²) in [6, 6.07) is 18.4. The predicted octanol–water partition coefficient (Wildman–Crippen LogP) is 5.00. The number of hydrogen-bond acceptors (Lipinski definition) is 4. The van der Waals surface area contributed by atoms with Gasteiger partial charge >= 0.3 is 0 Å². The molecule has 2 amide bonds. The molecule has 7 heteroatoms. The van der Waals surface area contributed by atoms with Gasteiger partial charge in [0.1, 0.15) is 5.75 Å². The van der Waals surface area contributed by atoms with Crippen molar-refractivity contribution in [3.63, 3.8) is 0 Å². The number of piperidine rings is 1. The van der Waals surface area contributed by atoms with Crippen molar-refractivity contribution in [3.8, 4) is 5.75 Å². The van der Waals surface area contributed by atoms with Crippen LogP contribution in [-0.4, -0.2) is 41.9 Å². The van der Waals surface area contributed by atoms with E-state index in [2.05, 4.69) is 5.32 Å². The third-order valence-corrected chi connectivity index (χ3v) is 6.54. The average molecular weight is 478 g/mol.